The Labute approximate surface area is 440 Å². The third-order valence-electron chi connectivity index (χ3n) is 16.2. The minimum Gasteiger partial charge on any atom is -0.507 e. The maximum atomic E-state index is 14.9. The number of carbonyl (C=O) groups is 5. The fourth-order valence-electron chi connectivity index (χ4n) is 11.4. The van der Waals surface area contributed by atoms with Gasteiger partial charge in [-0.15, -0.1) is 0 Å². The van der Waals surface area contributed by atoms with E-state index in [1.54, 1.807) is 63.8 Å². The van der Waals surface area contributed by atoms with Gasteiger partial charge in [-0.05, 0) is 70.1 Å². The molecule has 17 nitrogen and oxygen atoms in total. The number of Topliss-reactive ketones (excluding diaryl/α,β-unsaturated/α-hetero) is 2. The van der Waals surface area contributed by atoms with Crippen LogP contribution in [0.25, 0.3) is 0 Å². The lowest BCUT2D eigenvalue weighted by Gasteiger charge is -2.38. The number of aliphatic hydroxyl groups is 2. The molecule has 1 aliphatic carbocycles. The molecule has 7 aliphatic rings. The molecule has 2 saturated heterocycles. The van der Waals surface area contributed by atoms with Gasteiger partial charge in [-0.2, -0.15) is 0 Å². The minimum absolute atomic E-state index is 0.0170. The molecule has 404 valence electrons. The molecule has 6 aliphatic heterocycles. The summed E-state index contributed by atoms with van der Waals surface area (Å²) in [6, 6.07) is 10.1. The van der Waals surface area contributed by atoms with Crippen molar-refractivity contribution in [2.45, 2.75) is 137 Å². The van der Waals surface area contributed by atoms with Crippen LogP contribution in [0.1, 0.15) is 126 Å². The Balaban J connectivity index is 1.09. The number of likely N-dealkylation sites (tertiary alicyclic amines) is 2. The molecule has 2 amide bonds. The van der Waals surface area contributed by atoms with E-state index in [0.29, 0.717) is 57.8 Å². The first-order valence-electron chi connectivity index (χ1n) is 26.7. The lowest BCUT2D eigenvalue weighted by atomic mass is 9.79. The van der Waals surface area contributed by atoms with Gasteiger partial charge in [-0.3, -0.25) is 29.0 Å². The predicted molar refractivity (Wildman–Crippen MR) is 284 cm³/mol. The number of ether oxygens (including phenoxy) is 3. The Hall–Kier alpha value is -6.30. The molecule has 6 N–H and O–H groups in total. The van der Waals surface area contributed by atoms with Crippen LogP contribution >= 0.6 is 0 Å². The summed E-state index contributed by atoms with van der Waals surface area (Å²) in [7, 11) is 0. The zero-order valence-electron chi connectivity index (χ0n) is 45.1. The highest BCUT2D eigenvalue weighted by molar-refractivity contribution is 6.34. The zero-order valence-corrected chi connectivity index (χ0v) is 45.1. The molecule has 5 bridgehead atoms. The van der Waals surface area contributed by atoms with Crippen LogP contribution in [0.15, 0.2) is 82.9 Å². The second-order valence-electron chi connectivity index (χ2n) is 22.4. The summed E-state index contributed by atoms with van der Waals surface area (Å²) in [6.45, 7) is 20.8. The van der Waals surface area contributed by atoms with Gasteiger partial charge < -0.3 is 55.3 Å². The molecular formula is C58H76N6O11. The van der Waals surface area contributed by atoms with E-state index >= 15 is 0 Å². The molecule has 9 atom stereocenters. The number of hydrogen-bond acceptors (Lipinski definition) is 15. The number of nitrogens with one attached hydrogen (secondary N) is 3. The number of rotatable bonds is 7. The Kier molecular flexibility index (Phi) is 16.2. The van der Waals surface area contributed by atoms with E-state index in [1.165, 1.54) is 20.1 Å². The standard InChI is InChI=1S/C58H76N6O11/c1-31(2)30-63-27-23-58(24-28-63)61-44-41-42-49(67)37(8)52-43(41)53(69)57(10,75-52)73-29-15-18-33(4)51(74-56(72)38(9)55(71)64-25-21-40(22-26-64)59-39-19-12-11-13-20-39)36(7)48(66)35(6)47(65)32(3)16-14-17-34(5)54(70)60-46(50(42)68)45(44)62-58/h11-17,19-20,29,31-33,35-36,38,40,47-48,51,59,62,65-67H,18,21-28,30H2,1-10H3,(H,60,70)/b16-14+,29-15+,34-17-/t32-,33+,35+,36+,38?,47-,48+,51+,57-/m0/s1. The van der Waals surface area contributed by atoms with E-state index in [1.807, 2.05) is 37.3 Å². The molecular weight excluding hydrogens is 957 g/mol. The topological polar surface area (TPSA) is 229 Å². The van der Waals surface area contributed by atoms with Gasteiger partial charge in [0.15, 0.2) is 0 Å². The van der Waals surface area contributed by atoms with Crippen molar-refractivity contribution >= 4 is 40.7 Å². The molecule has 2 aromatic carbocycles. The predicted octanol–water partition coefficient (Wildman–Crippen LogP) is 6.71. The van der Waals surface area contributed by atoms with Crippen molar-refractivity contribution in [1.82, 2.24) is 20.4 Å². The molecule has 1 unspecified atom stereocenters. The summed E-state index contributed by atoms with van der Waals surface area (Å²) in [4.78, 5) is 81.0. The van der Waals surface area contributed by atoms with Crippen molar-refractivity contribution in [2.24, 2.45) is 40.5 Å². The number of carbonyl (C=O) groups excluding carboxylic acids is 5. The quantitative estimate of drug-likeness (QED) is 0.125. The third-order valence-corrected chi connectivity index (χ3v) is 16.2. The van der Waals surface area contributed by atoms with Crippen LogP contribution in [0.5, 0.6) is 11.5 Å². The fourth-order valence-corrected chi connectivity index (χ4v) is 11.4. The summed E-state index contributed by atoms with van der Waals surface area (Å²) in [6.07, 6.45) is 7.39. The molecule has 0 radical (unpaired) electrons. The van der Waals surface area contributed by atoms with E-state index in [-0.39, 0.29) is 69.1 Å². The largest absolute Gasteiger partial charge is 0.507 e. The highest BCUT2D eigenvalue weighted by Gasteiger charge is 2.54. The second kappa shape index (κ2) is 22.1. The first-order chi connectivity index (χ1) is 35.5. The number of anilines is 1. The molecule has 0 saturated carbocycles. The summed E-state index contributed by atoms with van der Waals surface area (Å²) in [5.41, 5.74) is 0.765. The fraction of sp³-hybridized carbons (Fsp3) is 0.552. The van der Waals surface area contributed by atoms with E-state index in [2.05, 4.69) is 34.7 Å². The number of nitrogens with zero attached hydrogens (tertiary/aromatic N) is 3. The van der Waals surface area contributed by atoms with Crippen LogP contribution in [0.2, 0.25) is 0 Å². The highest BCUT2D eigenvalue weighted by Crippen LogP contribution is 2.50. The Morgan fingerprint density at radius 2 is 1.60 bits per heavy atom. The summed E-state index contributed by atoms with van der Waals surface area (Å²) >= 11 is 0. The SMILES string of the molecule is C/C1=C/C=C/[C@H](C)[C@H](O)[C@@H](C)[C@@H](O)[C@@H](C)[C@H](OC(=O)C(C)C(=O)N2CCC(Nc3ccccc3)CC2)[C@H](C)C/C=C/O[C@@]2(C)Oc3c(C)c(O)c4c(c3C2=O)C2=NC3(CCN(CC(C)C)CC3)NC2=C(NC1=O)C4=O. The molecule has 1 spiro atoms. The number of para-hydroxylation sites is 1. The van der Waals surface area contributed by atoms with Gasteiger partial charge in [0.05, 0.1) is 41.0 Å². The van der Waals surface area contributed by atoms with Gasteiger partial charge in [-0.25, -0.2) is 0 Å². The smallest absolute Gasteiger partial charge is 0.318 e. The number of esters is 1. The molecule has 6 heterocycles. The summed E-state index contributed by atoms with van der Waals surface area (Å²) < 4.78 is 18.7. The van der Waals surface area contributed by atoms with Crippen LogP contribution < -0.4 is 20.7 Å². The van der Waals surface area contributed by atoms with Crippen LogP contribution in [-0.4, -0.2) is 129 Å². The Morgan fingerprint density at radius 1 is 0.920 bits per heavy atom. The Morgan fingerprint density at radius 3 is 2.27 bits per heavy atom. The molecule has 75 heavy (non-hydrogen) atoms. The average molecular weight is 1030 g/mol. The zero-order chi connectivity index (χ0) is 54.3. The second-order valence-corrected chi connectivity index (χ2v) is 22.4. The van der Waals surface area contributed by atoms with Gasteiger partial charge >= 0.3 is 11.8 Å². The van der Waals surface area contributed by atoms with Gasteiger partial charge in [0, 0.05) is 98.7 Å². The van der Waals surface area contributed by atoms with Crippen LogP contribution in [-0.2, 0) is 23.9 Å². The number of fused-ring (bicyclic) bond motifs is 13. The normalized spacial score (nSPS) is 30.5. The monoisotopic (exact) mass is 1030 g/mol. The Bertz CT molecular complexity index is 2710. The number of allylic oxidation sites excluding steroid dienone is 5. The summed E-state index contributed by atoms with van der Waals surface area (Å²) in [5.74, 6) is -8.57. The van der Waals surface area contributed by atoms with Gasteiger partial charge in [0.1, 0.15) is 34.9 Å². The van der Waals surface area contributed by atoms with Gasteiger partial charge in [0.25, 0.3) is 11.7 Å². The number of aliphatic hydroxyl groups excluding tert-OH is 2. The van der Waals surface area contributed by atoms with Crippen molar-refractivity contribution in [3.05, 3.63) is 100 Å². The maximum Gasteiger partial charge on any atom is 0.318 e. The number of aromatic hydroxyl groups is 1. The molecule has 2 aromatic rings. The minimum atomic E-state index is -1.97. The van der Waals surface area contributed by atoms with Crippen molar-refractivity contribution < 1.29 is 53.5 Å². The third kappa shape index (κ3) is 11.0. The lowest BCUT2D eigenvalue weighted by Crippen LogP contribution is -2.50. The number of amides is 2. The highest BCUT2D eigenvalue weighted by atomic mass is 16.7. The molecule has 9 rings (SSSR count). The van der Waals surface area contributed by atoms with E-state index in [4.69, 9.17) is 19.2 Å². The number of piperidine rings is 2. The van der Waals surface area contributed by atoms with Crippen LogP contribution in [0.3, 0.4) is 0 Å². The van der Waals surface area contributed by atoms with E-state index < -0.39 is 88.5 Å². The van der Waals surface area contributed by atoms with Crippen LogP contribution in [0, 0.1) is 42.4 Å². The molecule has 17 heteroatoms. The van der Waals surface area contributed by atoms with Crippen molar-refractivity contribution in [1.29, 1.82) is 0 Å². The van der Waals surface area contributed by atoms with E-state index in [0.717, 1.165) is 12.2 Å². The summed E-state index contributed by atoms with van der Waals surface area (Å²) in [5, 5.41) is 45.4. The van der Waals surface area contributed by atoms with Crippen molar-refractivity contribution in [3.8, 4) is 11.5 Å². The van der Waals surface area contributed by atoms with Crippen LogP contribution in [0.4, 0.5) is 5.69 Å². The first kappa shape index (κ1) is 54.9. The number of phenolic OH excluding ortho intramolecular Hbond substituents is 1. The molecule has 0 aromatic heterocycles. The van der Waals surface area contributed by atoms with Crippen molar-refractivity contribution in [3.63, 3.8) is 0 Å². The van der Waals surface area contributed by atoms with Gasteiger partial charge in [-0.1, -0.05) is 78.0 Å². The number of benzene rings is 2. The van der Waals surface area contributed by atoms with E-state index in [9.17, 15) is 39.3 Å². The molecule has 2 fully saturated rings. The van der Waals surface area contributed by atoms with Gasteiger partial charge in [0.2, 0.25) is 11.7 Å². The number of hydrogen-bond donors (Lipinski definition) is 6. The first-order valence-corrected chi connectivity index (χ1v) is 26.7. The maximum absolute atomic E-state index is 14.9. The lowest BCUT2D eigenvalue weighted by molar-refractivity contribution is -0.168. The number of phenols is 1. The number of ketones is 2. The number of aliphatic imine (C=N–C) groups is 1. The average Bonchev–Trinajstić information content (AvgIpc) is 3.96. The van der Waals surface area contributed by atoms with Crippen molar-refractivity contribution in [2.75, 3.05) is 38.0 Å².